The first kappa shape index (κ1) is 19.6. The number of carbonyl (C=O) groups is 3. The molecule has 3 rings (SSSR count). The maximum Gasteiger partial charge on any atom is 0.311 e. The molecule has 1 aliphatic rings. The molecule has 2 amide bonds. The zero-order valence-electron chi connectivity index (χ0n) is 16.1. The number of nitrogens with zero attached hydrogens (tertiary/aromatic N) is 1. The van der Waals surface area contributed by atoms with E-state index in [1.165, 1.54) is 0 Å². The number of ether oxygens (including phenoxy) is 1. The first-order chi connectivity index (χ1) is 13.5. The van der Waals surface area contributed by atoms with Gasteiger partial charge in [-0.3, -0.25) is 14.4 Å². The number of anilines is 2. The van der Waals surface area contributed by atoms with Gasteiger partial charge in [0.25, 0.3) is 5.91 Å². The summed E-state index contributed by atoms with van der Waals surface area (Å²) in [6.07, 6.45) is 0.877. The van der Waals surface area contributed by atoms with Crippen molar-refractivity contribution < 1.29 is 19.1 Å². The van der Waals surface area contributed by atoms with Gasteiger partial charge in [0.1, 0.15) is 0 Å². The molecule has 2 aromatic carbocycles. The smallest absolute Gasteiger partial charge is 0.311 e. The van der Waals surface area contributed by atoms with Crippen LogP contribution in [0.25, 0.3) is 0 Å². The normalized spacial score (nSPS) is 16.1. The summed E-state index contributed by atoms with van der Waals surface area (Å²) in [5.41, 5.74) is 3.54. The van der Waals surface area contributed by atoms with Crippen molar-refractivity contribution in [2.24, 2.45) is 5.92 Å². The summed E-state index contributed by atoms with van der Waals surface area (Å²) in [5.74, 6) is -1.60. The standard InChI is InChI=1S/C22H24N2O4/c1-3-16-8-4-5-10-19(16)23-20(25)14-28-22(27)17-12-21(26)24(13-17)18-9-6-7-15(2)11-18/h4-11,17H,3,12-14H2,1-2H3,(H,23,25). The minimum absolute atomic E-state index is 0.0903. The molecule has 2 aromatic rings. The van der Waals surface area contributed by atoms with Crippen molar-refractivity contribution in [3.8, 4) is 0 Å². The number of carbonyl (C=O) groups excluding carboxylic acids is 3. The lowest BCUT2D eigenvalue weighted by atomic mass is 10.1. The van der Waals surface area contributed by atoms with Crippen molar-refractivity contribution in [2.45, 2.75) is 26.7 Å². The molecule has 6 heteroatoms. The van der Waals surface area contributed by atoms with Crippen LogP contribution in [-0.4, -0.2) is 30.9 Å². The molecule has 1 N–H and O–H groups in total. The SMILES string of the molecule is CCc1ccccc1NC(=O)COC(=O)C1CC(=O)N(c2cccc(C)c2)C1. The number of benzene rings is 2. The maximum atomic E-state index is 12.3. The molecule has 1 aliphatic heterocycles. The van der Waals surface area contributed by atoms with Crippen LogP contribution >= 0.6 is 0 Å². The molecule has 0 radical (unpaired) electrons. The fourth-order valence-corrected chi connectivity index (χ4v) is 3.30. The molecular weight excluding hydrogens is 356 g/mol. The summed E-state index contributed by atoms with van der Waals surface area (Å²) in [6, 6.07) is 15.1. The van der Waals surface area contributed by atoms with Crippen molar-refractivity contribution in [2.75, 3.05) is 23.4 Å². The zero-order valence-corrected chi connectivity index (χ0v) is 16.1. The van der Waals surface area contributed by atoms with Crippen LogP contribution in [-0.2, 0) is 25.5 Å². The van der Waals surface area contributed by atoms with Crippen LogP contribution in [0, 0.1) is 12.8 Å². The van der Waals surface area contributed by atoms with Crippen LogP contribution < -0.4 is 10.2 Å². The summed E-state index contributed by atoms with van der Waals surface area (Å²) >= 11 is 0. The molecule has 0 spiro atoms. The molecule has 0 bridgehead atoms. The molecule has 146 valence electrons. The second-order valence-electron chi connectivity index (χ2n) is 6.91. The highest BCUT2D eigenvalue weighted by atomic mass is 16.5. The summed E-state index contributed by atoms with van der Waals surface area (Å²) in [6.45, 7) is 3.85. The van der Waals surface area contributed by atoms with E-state index in [9.17, 15) is 14.4 Å². The maximum absolute atomic E-state index is 12.3. The average molecular weight is 380 g/mol. The number of hydrogen-bond acceptors (Lipinski definition) is 4. The van der Waals surface area contributed by atoms with Gasteiger partial charge in [0, 0.05) is 24.3 Å². The minimum atomic E-state index is -0.566. The highest BCUT2D eigenvalue weighted by Crippen LogP contribution is 2.26. The second-order valence-corrected chi connectivity index (χ2v) is 6.91. The third-order valence-electron chi connectivity index (χ3n) is 4.79. The Morgan fingerprint density at radius 2 is 1.96 bits per heavy atom. The molecule has 1 atom stereocenters. The van der Waals surface area contributed by atoms with E-state index in [1.807, 2.05) is 62.4 Å². The first-order valence-corrected chi connectivity index (χ1v) is 9.39. The van der Waals surface area contributed by atoms with Gasteiger partial charge in [-0.15, -0.1) is 0 Å². The van der Waals surface area contributed by atoms with Gasteiger partial charge < -0.3 is 15.0 Å². The van der Waals surface area contributed by atoms with E-state index < -0.39 is 17.8 Å². The highest BCUT2D eigenvalue weighted by molar-refractivity contribution is 6.00. The Bertz CT molecular complexity index is 894. The Hall–Kier alpha value is -3.15. The lowest BCUT2D eigenvalue weighted by Crippen LogP contribution is -2.28. The molecule has 6 nitrogen and oxygen atoms in total. The number of hydrogen-bond donors (Lipinski definition) is 1. The molecular formula is C22H24N2O4. The Labute approximate surface area is 164 Å². The summed E-state index contributed by atoms with van der Waals surface area (Å²) in [4.78, 5) is 38.3. The van der Waals surface area contributed by atoms with E-state index in [0.29, 0.717) is 5.69 Å². The molecule has 0 saturated carbocycles. The van der Waals surface area contributed by atoms with Gasteiger partial charge in [0.05, 0.1) is 5.92 Å². The fourth-order valence-electron chi connectivity index (χ4n) is 3.30. The Kier molecular flexibility index (Phi) is 6.09. The van der Waals surface area contributed by atoms with Gasteiger partial charge in [-0.1, -0.05) is 37.3 Å². The number of esters is 1. The van der Waals surface area contributed by atoms with Gasteiger partial charge >= 0.3 is 5.97 Å². The van der Waals surface area contributed by atoms with Crippen LogP contribution in [0.5, 0.6) is 0 Å². The topological polar surface area (TPSA) is 75.7 Å². The molecule has 1 fully saturated rings. The number of para-hydroxylation sites is 1. The van der Waals surface area contributed by atoms with Crippen LogP contribution in [0.3, 0.4) is 0 Å². The van der Waals surface area contributed by atoms with Gasteiger partial charge in [0.2, 0.25) is 5.91 Å². The Morgan fingerprint density at radius 1 is 1.18 bits per heavy atom. The Morgan fingerprint density at radius 3 is 2.71 bits per heavy atom. The lowest BCUT2D eigenvalue weighted by molar-refractivity contribution is -0.151. The van der Waals surface area contributed by atoms with E-state index in [2.05, 4.69) is 5.32 Å². The van der Waals surface area contributed by atoms with E-state index in [0.717, 1.165) is 23.2 Å². The molecule has 28 heavy (non-hydrogen) atoms. The van der Waals surface area contributed by atoms with Crippen molar-refractivity contribution in [3.63, 3.8) is 0 Å². The van der Waals surface area contributed by atoms with Gasteiger partial charge in [-0.25, -0.2) is 0 Å². The Balaban J connectivity index is 1.54. The van der Waals surface area contributed by atoms with Crippen molar-refractivity contribution >= 4 is 29.2 Å². The number of nitrogens with one attached hydrogen (secondary N) is 1. The van der Waals surface area contributed by atoms with E-state index in [4.69, 9.17) is 4.74 Å². The largest absolute Gasteiger partial charge is 0.455 e. The summed E-state index contributed by atoms with van der Waals surface area (Å²) in [5, 5.41) is 2.76. The van der Waals surface area contributed by atoms with Gasteiger partial charge in [0.15, 0.2) is 6.61 Å². The van der Waals surface area contributed by atoms with Crippen LogP contribution in [0.4, 0.5) is 11.4 Å². The predicted octanol–water partition coefficient (Wildman–Crippen LogP) is 3.09. The molecule has 1 heterocycles. The first-order valence-electron chi connectivity index (χ1n) is 9.39. The highest BCUT2D eigenvalue weighted by Gasteiger charge is 2.36. The summed E-state index contributed by atoms with van der Waals surface area (Å²) < 4.78 is 5.16. The third-order valence-corrected chi connectivity index (χ3v) is 4.79. The number of rotatable bonds is 6. The van der Waals surface area contributed by atoms with Crippen molar-refractivity contribution in [1.29, 1.82) is 0 Å². The van der Waals surface area contributed by atoms with Crippen LogP contribution in [0.1, 0.15) is 24.5 Å². The van der Waals surface area contributed by atoms with E-state index in [-0.39, 0.29) is 25.5 Å². The second kappa shape index (κ2) is 8.69. The van der Waals surface area contributed by atoms with Gasteiger partial charge in [-0.05, 0) is 42.7 Å². The number of aryl methyl sites for hydroxylation is 2. The lowest BCUT2D eigenvalue weighted by Gasteiger charge is -2.17. The van der Waals surface area contributed by atoms with Crippen molar-refractivity contribution in [3.05, 3.63) is 59.7 Å². The predicted molar refractivity (Wildman–Crippen MR) is 107 cm³/mol. The van der Waals surface area contributed by atoms with E-state index >= 15 is 0 Å². The quantitative estimate of drug-likeness (QED) is 0.782. The van der Waals surface area contributed by atoms with Crippen LogP contribution in [0.2, 0.25) is 0 Å². The fraction of sp³-hybridized carbons (Fsp3) is 0.318. The molecule has 0 aliphatic carbocycles. The minimum Gasteiger partial charge on any atom is -0.455 e. The number of amides is 2. The monoisotopic (exact) mass is 380 g/mol. The average Bonchev–Trinajstić information content (AvgIpc) is 3.08. The van der Waals surface area contributed by atoms with E-state index in [1.54, 1.807) is 4.90 Å². The zero-order chi connectivity index (χ0) is 20.1. The van der Waals surface area contributed by atoms with Gasteiger partial charge in [-0.2, -0.15) is 0 Å². The molecule has 1 saturated heterocycles. The van der Waals surface area contributed by atoms with Crippen molar-refractivity contribution in [1.82, 2.24) is 0 Å². The summed E-state index contributed by atoms with van der Waals surface area (Å²) in [7, 11) is 0. The molecule has 1 unspecified atom stereocenters. The third kappa shape index (κ3) is 4.57. The van der Waals surface area contributed by atoms with Crippen LogP contribution in [0.15, 0.2) is 48.5 Å². The molecule has 0 aromatic heterocycles.